The Labute approximate surface area is 200 Å². The van der Waals surface area contributed by atoms with Crippen molar-refractivity contribution in [3.8, 4) is 16.9 Å². The van der Waals surface area contributed by atoms with Crippen LogP contribution in [0.3, 0.4) is 0 Å². The lowest BCUT2D eigenvalue weighted by Crippen LogP contribution is -2.48. The molecule has 0 N–H and O–H groups in total. The van der Waals surface area contributed by atoms with Gasteiger partial charge in [-0.2, -0.15) is 0 Å². The Hall–Kier alpha value is -1.78. The summed E-state index contributed by atoms with van der Waals surface area (Å²) in [4.78, 5) is 21.3. The zero-order valence-electron chi connectivity index (χ0n) is 17.0. The number of carbonyl (C=O) groups is 1. The van der Waals surface area contributed by atoms with Gasteiger partial charge in [-0.3, -0.25) is 4.79 Å². The van der Waals surface area contributed by atoms with Crippen molar-refractivity contribution in [1.29, 1.82) is 0 Å². The maximum atomic E-state index is 13.6. The van der Waals surface area contributed by atoms with Gasteiger partial charge in [0.15, 0.2) is 4.34 Å². The Morgan fingerprint density at radius 2 is 2.03 bits per heavy atom. The zero-order valence-corrected chi connectivity index (χ0v) is 21.1. The highest BCUT2D eigenvalue weighted by atomic mass is 32.9. The van der Waals surface area contributed by atoms with E-state index in [1.807, 2.05) is 41.3 Å². The van der Waals surface area contributed by atoms with Crippen molar-refractivity contribution in [2.24, 2.45) is 0 Å². The van der Waals surface area contributed by atoms with E-state index in [0.29, 0.717) is 5.75 Å². The van der Waals surface area contributed by atoms with E-state index in [2.05, 4.69) is 24.9 Å². The second kappa shape index (κ2) is 7.97. The third kappa shape index (κ3) is 3.52. The average molecular weight is 503 g/mol. The van der Waals surface area contributed by atoms with Gasteiger partial charge in [0.25, 0.3) is 0 Å². The van der Waals surface area contributed by atoms with Gasteiger partial charge in [0.1, 0.15) is 9.57 Å². The number of ether oxygens (including phenoxy) is 1. The molecule has 2 aromatic heterocycles. The number of aromatic nitrogens is 1. The predicted molar refractivity (Wildman–Crippen MR) is 136 cm³/mol. The molecule has 0 bridgehead atoms. The highest BCUT2D eigenvalue weighted by Crippen LogP contribution is 2.53. The lowest BCUT2D eigenvalue weighted by molar-refractivity contribution is -0.117. The van der Waals surface area contributed by atoms with Crippen LogP contribution in [-0.2, 0) is 10.3 Å². The third-order valence-corrected chi connectivity index (χ3v) is 10.8. The van der Waals surface area contributed by atoms with Gasteiger partial charge in [-0.15, -0.1) is 11.3 Å². The van der Waals surface area contributed by atoms with Gasteiger partial charge in [-0.25, -0.2) is 4.98 Å². The van der Waals surface area contributed by atoms with Crippen LogP contribution < -0.4 is 9.64 Å². The summed E-state index contributed by atoms with van der Waals surface area (Å²) >= 11 is 8.76. The van der Waals surface area contributed by atoms with E-state index in [-0.39, 0.29) is 5.91 Å². The second-order valence-electron chi connectivity index (χ2n) is 7.57. The first kappa shape index (κ1) is 21.1. The molecule has 1 aliphatic heterocycles. The van der Waals surface area contributed by atoms with Crippen LogP contribution in [0.15, 0.2) is 46.8 Å². The lowest BCUT2D eigenvalue weighted by Gasteiger charge is -2.43. The van der Waals surface area contributed by atoms with Crippen molar-refractivity contribution in [3.63, 3.8) is 0 Å². The molecule has 1 aliphatic rings. The number of methoxy groups -OCH3 is 1. The van der Waals surface area contributed by atoms with Gasteiger partial charge in [0.05, 0.1) is 39.2 Å². The summed E-state index contributed by atoms with van der Waals surface area (Å²) in [6, 6.07) is 13.9. The molecule has 5 rings (SSSR count). The summed E-state index contributed by atoms with van der Waals surface area (Å²) in [5.74, 6) is 1.07. The number of hydrogen-bond acceptors (Lipinski definition) is 8. The van der Waals surface area contributed by atoms with E-state index in [9.17, 15) is 4.79 Å². The van der Waals surface area contributed by atoms with Gasteiger partial charge in [-0.05, 0) is 38.1 Å². The second-order valence-corrected chi connectivity index (χ2v) is 12.6. The highest BCUT2D eigenvalue weighted by molar-refractivity contribution is 8.01. The van der Waals surface area contributed by atoms with Crippen LogP contribution in [0.25, 0.3) is 21.3 Å². The third-order valence-electron chi connectivity index (χ3n) is 5.30. The largest absolute Gasteiger partial charge is 0.497 e. The Kier molecular flexibility index (Phi) is 5.42. The molecule has 0 aliphatic carbocycles. The van der Waals surface area contributed by atoms with E-state index in [4.69, 9.17) is 17.0 Å². The van der Waals surface area contributed by atoms with Gasteiger partial charge in [0, 0.05) is 17.2 Å². The minimum absolute atomic E-state index is 0.0405. The van der Waals surface area contributed by atoms with Gasteiger partial charge >= 0.3 is 0 Å². The molecule has 0 fully saturated rings. The number of nitrogens with zero attached hydrogens (tertiary/aromatic N) is 2. The molecule has 1 amide bonds. The number of hydrogen-bond donors (Lipinski definition) is 0. The fourth-order valence-corrected chi connectivity index (χ4v) is 9.08. The molecule has 3 heterocycles. The van der Waals surface area contributed by atoms with E-state index in [1.165, 1.54) is 11.8 Å². The fourth-order valence-electron chi connectivity index (χ4n) is 3.88. The maximum Gasteiger partial charge on any atom is 0.238 e. The van der Waals surface area contributed by atoms with Crippen LogP contribution in [0.5, 0.6) is 5.75 Å². The van der Waals surface area contributed by atoms with E-state index in [1.54, 1.807) is 39.1 Å². The lowest BCUT2D eigenvalue weighted by atomic mass is 9.87. The van der Waals surface area contributed by atoms with Crippen molar-refractivity contribution in [1.82, 2.24) is 4.98 Å². The first-order valence-electron chi connectivity index (χ1n) is 9.53. The summed E-state index contributed by atoms with van der Waals surface area (Å²) in [5.41, 5.74) is 3.39. The summed E-state index contributed by atoms with van der Waals surface area (Å²) < 4.78 is 8.38. The SMILES string of the molecule is COc1ccc2c(c1)N(C(=O)CSc1nc3ccccc3s1)C(C)(C)c1ssc(=S)c1-2. The first-order valence-corrected chi connectivity index (χ1v) is 13.9. The molecule has 2 aromatic carbocycles. The summed E-state index contributed by atoms with van der Waals surface area (Å²) in [6.45, 7) is 4.18. The molecule has 0 atom stereocenters. The van der Waals surface area contributed by atoms with E-state index < -0.39 is 5.54 Å². The van der Waals surface area contributed by atoms with Crippen LogP contribution >= 0.6 is 56.0 Å². The molecule has 9 heteroatoms. The molecular formula is C22H18N2O2S5. The number of anilines is 1. The molecule has 0 saturated heterocycles. The molecule has 4 aromatic rings. The van der Waals surface area contributed by atoms with Crippen LogP contribution in [0.2, 0.25) is 0 Å². The predicted octanol–water partition coefficient (Wildman–Crippen LogP) is 7.20. The number of thiazole rings is 1. The average Bonchev–Trinajstić information content (AvgIpc) is 3.35. The topological polar surface area (TPSA) is 42.4 Å². The molecule has 0 saturated carbocycles. The quantitative estimate of drug-likeness (QED) is 0.168. The monoisotopic (exact) mass is 502 g/mol. The Morgan fingerprint density at radius 1 is 1.23 bits per heavy atom. The number of rotatable bonds is 4. The summed E-state index contributed by atoms with van der Waals surface area (Å²) in [7, 11) is 4.90. The van der Waals surface area contributed by atoms with Crippen LogP contribution in [0, 0.1) is 3.82 Å². The summed E-state index contributed by atoms with van der Waals surface area (Å²) in [5, 5.41) is 0. The van der Waals surface area contributed by atoms with Crippen molar-refractivity contribution in [3.05, 3.63) is 51.2 Å². The van der Waals surface area contributed by atoms with Gasteiger partial charge in [-0.1, -0.05) is 56.8 Å². The molecular weight excluding hydrogens is 485 g/mol. The molecule has 31 heavy (non-hydrogen) atoms. The molecule has 0 spiro atoms. The Morgan fingerprint density at radius 3 is 2.81 bits per heavy atom. The fraction of sp³-hybridized carbons (Fsp3) is 0.227. The van der Waals surface area contributed by atoms with E-state index >= 15 is 0 Å². The zero-order chi connectivity index (χ0) is 21.8. The maximum absolute atomic E-state index is 13.6. The smallest absolute Gasteiger partial charge is 0.238 e. The van der Waals surface area contributed by atoms with Crippen molar-refractivity contribution >= 4 is 77.8 Å². The van der Waals surface area contributed by atoms with Crippen LogP contribution in [-0.4, -0.2) is 23.8 Å². The number of amides is 1. The van der Waals surface area contributed by atoms with Crippen molar-refractivity contribution in [2.75, 3.05) is 17.8 Å². The minimum Gasteiger partial charge on any atom is -0.497 e. The Balaban J connectivity index is 1.52. The summed E-state index contributed by atoms with van der Waals surface area (Å²) in [6.07, 6.45) is 0. The van der Waals surface area contributed by atoms with E-state index in [0.717, 1.165) is 45.8 Å². The van der Waals surface area contributed by atoms with Crippen molar-refractivity contribution < 1.29 is 9.53 Å². The molecule has 4 nitrogen and oxygen atoms in total. The van der Waals surface area contributed by atoms with Crippen molar-refractivity contribution in [2.45, 2.75) is 23.7 Å². The van der Waals surface area contributed by atoms with Crippen LogP contribution in [0.4, 0.5) is 5.69 Å². The number of benzene rings is 2. The molecule has 0 radical (unpaired) electrons. The minimum atomic E-state index is -0.502. The number of fused-ring (bicyclic) bond motifs is 4. The highest BCUT2D eigenvalue weighted by Gasteiger charge is 2.43. The first-order chi connectivity index (χ1) is 14.9. The standard InChI is InChI=1S/C22H18N2O2S5/c1-22(2)19-18(20(27)31-30-19)13-9-8-12(26-3)10-15(13)24(22)17(25)11-28-21-23-14-6-4-5-7-16(14)29-21/h4-10H,11H2,1-3H3. The molecule has 0 unspecified atom stereocenters. The Bertz CT molecular complexity index is 1330. The van der Waals surface area contributed by atoms with Gasteiger partial charge < -0.3 is 9.64 Å². The number of para-hydroxylation sites is 1. The van der Waals surface area contributed by atoms with Gasteiger partial charge in [0.2, 0.25) is 5.91 Å². The normalized spacial score (nSPS) is 14.4. The van der Waals surface area contributed by atoms with Crippen LogP contribution in [0.1, 0.15) is 18.7 Å². The number of carbonyl (C=O) groups excluding carboxylic acids is 1. The number of thioether (sulfide) groups is 1. The molecule has 158 valence electrons.